The van der Waals surface area contributed by atoms with Gasteiger partial charge in [-0.2, -0.15) is 0 Å². The van der Waals surface area contributed by atoms with Crippen LogP contribution in [0.25, 0.3) is 5.69 Å². The molecule has 0 amide bonds. The molecule has 0 saturated carbocycles. The van der Waals surface area contributed by atoms with Crippen LogP contribution in [0.1, 0.15) is 51.7 Å². The zero-order valence-electron chi connectivity index (χ0n) is 22.9. The molecule has 0 spiro atoms. The van der Waals surface area contributed by atoms with E-state index in [2.05, 4.69) is 33.7 Å². The second-order valence-electron chi connectivity index (χ2n) is 8.50. The SMILES string of the molecule is C=C.CC.CO[C@H](c1ccc(-n2ccnn2)cc1)[C@@H](CF)N/C=C(\N)CCN(C)[C@H]1C[C@@H](C)O[C@@H](O)C1. The molecule has 10 heteroatoms. The van der Waals surface area contributed by atoms with E-state index in [-0.39, 0.29) is 12.1 Å². The quantitative estimate of drug-likeness (QED) is 0.385. The third-order valence-corrected chi connectivity index (χ3v) is 6.02. The van der Waals surface area contributed by atoms with E-state index in [0.717, 1.165) is 24.2 Å². The van der Waals surface area contributed by atoms with Gasteiger partial charge in [-0.25, -0.2) is 9.07 Å². The normalized spacial score (nSPS) is 21.2. The van der Waals surface area contributed by atoms with Crippen LogP contribution in [0.5, 0.6) is 0 Å². The fourth-order valence-electron chi connectivity index (χ4n) is 4.13. The molecule has 1 aliphatic rings. The maximum atomic E-state index is 13.9. The summed E-state index contributed by atoms with van der Waals surface area (Å²) < 4.78 is 26.5. The number of aliphatic hydroxyl groups excluding tert-OH is 1. The number of nitrogens with one attached hydrogen (secondary N) is 1. The number of hydrogen-bond donors (Lipinski definition) is 3. The van der Waals surface area contributed by atoms with Gasteiger partial charge in [-0.05, 0) is 38.1 Å². The van der Waals surface area contributed by atoms with Gasteiger partial charge < -0.3 is 30.5 Å². The van der Waals surface area contributed by atoms with E-state index in [1.54, 1.807) is 30.4 Å². The minimum atomic E-state index is -0.725. The van der Waals surface area contributed by atoms with Gasteiger partial charge >= 0.3 is 0 Å². The molecule has 5 atom stereocenters. The molecule has 0 unspecified atom stereocenters. The largest absolute Gasteiger partial charge is 0.401 e. The summed E-state index contributed by atoms with van der Waals surface area (Å²) in [6.45, 7) is 12.1. The van der Waals surface area contributed by atoms with E-state index in [1.165, 1.54) is 0 Å². The van der Waals surface area contributed by atoms with Crippen molar-refractivity contribution in [1.29, 1.82) is 0 Å². The van der Waals surface area contributed by atoms with Gasteiger partial charge in [-0.3, -0.25) is 0 Å². The van der Waals surface area contributed by atoms with Crippen LogP contribution in [0.15, 0.2) is 61.7 Å². The molecule has 1 saturated heterocycles. The number of rotatable bonds is 11. The lowest BCUT2D eigenvalue weighted by molar-refractivity contribution is -0.173. The molecule has 208 valence electrons. The Bertz CT molecular complexity index is 871. The number of ether oxygens (including phenoxy) is 2. The Hall–Kier alpha value is -2.79. The fourth-order valence-corrected chi connectivity index (χ4v) is 4.13. The van der Waals surface area contributed by atoms with Crippen LogP contribution in [-0.4, -0.2) is 76.9 Å². The first-order valence-corrected chi connectivity index (χ1v) is 12.7. The molecule has 1 fully saturated rings. The van der Waals surface area contributed by atoms with Gasteiger partial charge in [0, 0.05) is 44.4 Å². The molecular formula is C27H45FN6O3. The van der Waals surface area contributed by atoms with Crippen molar-refractivity contribution in [2.75, 3.05) is 27.4 Å². The molecule has 1 aromatic carbocycles. The molecule has 0 radical (unpaired) electrons. The first-order valence-electron chi connectivity index (χ1n) is 12.7. The Balaban J connectivity index is 0.00000163. The van der Waals surface area contributed by atoms with E-state index in [1.807, 2.05) is 52.1 Å². The Labute approximate surface area is 221 Å². The summed E-state index contributed by atoms with van der Waals surface area (Å²) in [6, 6.07) is 7.21. The predicted octanol–water partition coefficient (Wildman–Crippen LogP) is 3.72. The Kier molecular flexibility index (Phi) is 15.4. The van der Waals surface area contributed by atoms with Crippen LogP contribution < -0.4 is 11.1 Å². The summed E-state index contributed by atoms with van der Waals surface area (Å²) in [4.78, 5) is 2.18. The van der Waals surface area contributed by atoms with Gasteiger partial charge in [0.15, 0.2) is 6.29 Å². The van der Waals surface area contributed by atoms with Gasteiger partial charge in [0.2, 0.25) is 0 Å². The number of nitrogens with zero attached hydrogens (tertiary/aromatic N) is 4. The Morgan fingerprint density at radius 3 is 2.57 bits per heavy atom. The first kappa shape index (κ1) is 32.2. The highest BCUT2D eigenvalue weighted by Gasteiger charge is 2.28. The lowest BCUT2D eigenvalue weighted by atomic mass is 10.0. The molecule has 2 heterocycles. The van der Waals surface area contributed by atoms with E-state index in [4.69, 9.17) is 15.2 Å². The summed E-state index contributed by atoms with van der Waals surface area (Å²) in [6.07, 6.45) is 5.90. The molecule has 9 nitrogen and oxygen atoms in total. The van der Waals surface area contributed by atoms with Crippen molar-refractivity contribution in [3.8, 4) is 5.69 Å². The highest BCUT2D eigenvalue weighted by molar-refractivity contribution is 5.34. The summed E-state index contributed by atoms with van der Waals surface area (Å²) in [5.74, 6) is 0. The zero-order valence-corrected chi connectivity index (χ0v) is 22.9. The zero-order chi connectivity index (χ0) is 27.8. The van der Waals surface area contributed by atoms with Gasteiger partial charge in [-0.15, -0.1) is 18.3 Å². The number of nitrogens with two attached hydrogens (primary N) is 1. The van der Waals surface area contributed by atoms with Crippen molar-refractivity contribution in [3.05, 3.63) is 67.3 Å². The maximum Gasteiger partial charge on any atom is 0.156 e. The van der Waals surface area contributed by atoms with Crippen LogP contribution >= 0.6 is 0 Å². The topological polar surface area (TPSA) is 111 Å². The lowest BCUT2D eigenvalue weighted by Gasteiger charge is -2.36. The number of alkyl halides is 1. The smallest absolute Gasteiger partial charge is 0.156 e. The lowest BCUT2D eigenvalue weighted by Crippen LogP contribution is -2.43. The van der Waals surface area contributed by atoms with E-state index in [0.29, 0.717) is 18.5 Å². The van der Waals surface area contributed by atoms with E-state index < -0.39 is 25.1 Å². The third kappa shape index (κ3) is 10.2. The minimum absolute atomic E-state index is 0.0253. The van der Waals surface area contributed by atoms with Crippen LogP contribution in [0.2, 0.25) is 0 Å². The van der Waals surface area contributed by atoms with E-state index >= 15 is 0 Å². The number of methoxy groups -OCH3 is 1. The predicted molar refractivity (Wildman–Crippen MR) is 146 cm³/mol. The van der Waals surface area contributed by atoms with Crippen LogP contribution in [0.3, 0.4) is 0 Å². The molecule has 1 aliphatic heterocycles. The number of benzene rings is 1. The van der Waals surface area contributed by atoms with Gasteiger partial charge in [-0.1, -0.05) is 31.2 Å². The van der Waals surface area contributed by atoms with Crippen molar-refractivity contribution in [2.24, 2.45) is 5.73 Å². The van der Waals surface area contributed by atoms with Crippen molar-refractivity contribution in [2.45, 2.75) is 70.6 Å². The molecule has 2 aromatic rings. The Morgan fingerprint density at radius 2 is 2.03 bits per heavy atom. The number of halogens is 1. The highest BCUT2D eigenvalue weighted by atomic mass is 19.1. The fraction of sp³-hybridized carbons (Fsp3) is 0.556. The average molecular weight is 521 g/mol. The van der Waals surface area contributed by atoms with Crippen LogP contribution in [0.4, 0.5) is 4.39 Å². The summed E-state index contributed by atoms with van der Waals surface area (Å²) in [7, 11) is 3.58. The minimum Gasteiger partial charge on any atom is -0.401 e. The molecule has 3 rings (SSSR count). The number of aromatic nitrogens is 3. The Morgan fingerprint density at radius 1 is 1.35 bits per heavy atom. The monoisotopic (exact) mass is 520 g/mol. The summed E-state index contributed by atoms with van der Waals surface area (Å²) in [5.41, 5.74) is 8.50. The summed E-state index contributed by atoms with van der Waals surface area (Å²) in [5, 5.41) is 20.7. The molecule has 4 N–H and O–H groups in total. The second kappa shape index (κ2) is 17.6. The third-order valence-electron chi connectivity index (χ3n) is 6.02. The van der Waals surface area contributed by atoms with Crippen molar-refractivity contribution >= 4 is 0 Å². The molecule has 1 aromatic heterocycles. The van der Waals surface area contributed by atoms with Gasteiger partial charge in [0.05, 0.1) is 30.2 Å². The number of aliphatic hydroxyl groups is 1. The maximum absolute atomic E-state index is 13.9. The van der Waals surface area contributed by atoms with Crippen molar-refractivity contribution in [1.82, 2.24) is 25.2 Å². The van der Waals surface area contributed by atoms with Gasteiger partial charge in [0.1, 0.15) is 12.8 Å². The van der Waals surface area contributed by atoms with Crippen LogP contribution in [0, 0.1) is 0 Å². The molecular weight excluding hydrogens is 475 g/mol. The van der Waals surface area contributed by atoms with Crippen LogP contribution in [-0.2, 0) is 9.47 Å². The molecule has 0 aliphatic carbocycles. The van der Waals surface area contributed by atoms with Crippen molar-refractivity contribution in [3.63, 3.8) is 0 Å². The average Bonchev–Trinajstić information content (AvgIpc) is 3.47. The first-order chi connectivity index (χ1) is 17.9. The summed E-state index contributed by atoms with van der Waals surface area (Å²) >= 11 is 0. The second-order valence-corrected chi connectivity index (χ2v) is 8.50. The number of hydrogen-bond acceptors (Lipinski definition) is 8. The van der Waals surface area contributed by atoms with Crippen molar-refractivity contribution < 1.29 is 19.0 Å². The molecule has 37 heavy (non-hydrogen) atoms. The highest BCUT2D eigenvalue weighted by Crippen LogP contribution is 2.24. The molecule has 0 bridgehead atoms. The van der Waals surface area contributed by atoms with E-state index in [9.17, 15) is 9.50 Å². The van der Waals surface area contributed by atoms with Gasteiger partial charge in [0.25, 0.3) is 0 Å². The standard InChI is InChI=1S/C23H35FN6O3.C2H6.C2H4/c1-16-12-20(13-22(31)33-16)29(2)10-8-18(25)15-26-21(14-24)23(32-3)17-4-6-19(7-5-17)30-11-9-27-28-30;2*1-2/h4-7,9,11,15-16,20-23,26,31H,8,10,12-14,25H2,1-3H3;1-2H3;1-2H2/b18-15-;;/t16-,20+,21-,22-,23-;;/m1../s1.